The molecule has 0 saturated heterocycles. The maximum atomic E-state index is 5.09. The molecular weight excluding hydrogens is 597 g/mol. The highest BCUT2D eigenvalue weighted by molar-refractivity contribution is 6.10. The molecule has 1 aliphatic carbocycles. The minimum Gasteiger partial charge on any atom is -0.309 e. The van der Waals surface area contributed by atoms with Crippen molar-refractivity contribution in [1.29, 1.82) is 0 Å². The second-order valence-corrected chi connectivity index (χ2v) is 12.4. The van der Waals surface area contributed by atoms with Crippen molar-refractivity contribution in [3.8, 4) is 50.5 Å². The van der Waals surface area contributed by atoms with Gasteiger partial charge in [0.05, 0.1) is 22.4 Å². The fourth-order valence-electron chi connectivity index (χ4n) is 6.87. The lowest BCUT2D eigenvalue weighted by Crippen LogP contribution is -1.99. The molecule has 232 valence electrons. The first-order chi connectivity index (χ1) is 24.3. The monoisotopic (exact) mass is 628 g/mol. The zero-order chi connectivity index (χ0) is 32.6. The van der Waals surface area contributed by atoms with Gasteiger partial charge < -0.3 is 4.57 Å². The molecule has 0 atom stereocenters. The predicted molar refractivity (Wildman–Crippen MR) is 202 cm³/mol. The number of hydrogen-bond acceptors (Lipinski definition) is 3. The third-order valence-electron chi connectivity index (χ3n) is 9.38. The Morgan fingerprint density at radius 3 is 1.76 bits per heavy atom. The quantitative estimate of drug-likeness (QED) is 0.184. The van der Waals surface area contributed by atoms with Gasteiger partial charge in [0, 0.05) is 45.6 Å². The Morgan fingerprint density at radius 2 is 1.06 bits per heavy atom. The van der Waals surface area contributed by atoms with Crippen molar-refractivity contribution in [3.63, 3.8) is 0 Å². The third-order valence-corrected chi connectivity index (χ3v) is 9.38. The number of rotatable bonds is 6. The molecule has 3 aromatic heterocycles. The summed E-state index contributed by atoms with van der Waals surface area (Å²) in [6.07, 6.45) is 12.3. The first-order valence-electron chi connectivity index (χ1n) is 16.7. The van der Waals surface area contributed by atoms with Crippen molar-refractivity contribution in [2.45, 2.75) is 12.8 Å². The molecule has 9 rings (SSSR count). The van der Waals surface area contributed by atoms with Gasteiger partial charge in [-0.05, 0) is 77.6 Å². The van der Waals surface area contributed by atoms with E-state index in [9.17, 15) is 0 Å². The fraction of sp³-hybridized carbons (Fsp3) is 0.0444. The van der Waals surface area contributed by atoms with Gasteiger partial charge in [-0.2, -0.15) is 0 Å². The van der Waals surface area contributed by atoms with Gasteiger partial charge in [-0.1, -0.05) is 115 Å². The smallest absolute Gasteiger partial charge is 0.160 e. The van der Waals surface area contributed by atoms with E-state index < -0.39 is 0 Å². The first kappa shape index (κ1) is 28.8. The Kier molecular flexibility index (Phi) is 7.25. The van der Waals surface area contributed by atoms with Crippen molar-refractivity contribution >= 4 is 27.4 Å². The second-order valence-electron chi connectivity index (χ2n) is 12.4. The number of nitrogens with zero attached hydrogens (tertiary/aromatic N) is 4. The van der Waals surface area contributed by atoms with Crippen LogP contribution in [-0.2, 0) is 0 Å². The van der Waals surface area contributed by atoms with E-state index >= 15 is 0 Å². The van der Waals surface area contributed by atoms with E-state index in [1.165, 1.54) is 27.4 Å². The van der Waals surface area contributed by atoms with Gasteiger partial charge in [0.15, 0.2) is 5.82 Å². The number of allylic oxidation sites excluding steroid dienone is 4. The summed E-state index contributed by atoms with van der Waals surface area (Å²) in [4.78, 5) is 14.3. The molecule has 0 spiro atoms. The van der Waals surface area contributed by atoms with Crippen molar-refractivity contribution in [2.75, 3.05) is 0 Å². The predicted octanol–water partition coefficient (Wildman–Crippen LogP) is 11.4. The molecule has 8 aromatic rings. The fourth-order valence-corrected chi connectivity index (χ4v) is 6.87. The Morgan fingerprint density at radius 1 is 0.469 bits per heavy atom. The lowest BCUT2D eigenvalue weighted by molar-refractivity contribution is 1.03. The molecule has 0 bridgehead atoms. The SMILES string of the molecule is C1=CC(c2nc(-c3ccc(-c4ccncc4)cc3)cc(-c3ccc(-c4ccc5c6ccccc6n(-c6ccccc6)c5c4)cc3)n2)=CCC1. The van der Waals surface area contributed by atoms with E-state index in [1.54, 1.807) is 0 Å². The van der Waals surface area contributed by atoms with E-state index in [4.69, 9.17) is 9.97 Å². The van der Waals surface area contributed by atoms with Crippen LogP contribution in [0.1, 0.15) is 18.7 Å². The summed E-state index contributed by atoms with van der Waals surface area (Å²) < 4.78 is 2.37. The summed E-state index contributed by atoms with van der Waals surface area (Å²) in [6, 6.07) is 49.6. The molecule has 1 aliphatic rings. The minimum absolute atomic E-state index is 0.755. The van der Waals surface area contributed by atoms with Gasteiger partial charge in [0.25, 0.3) is 0 Å². The molecule has 0 N–H and O–H groups in total. The molecule has 4 nitrogen and oxygen atoms in total. The molecule has 3 heterocycles. The highest BCUT2D eigenvalue weighted by atomic mass is 15.0. The van der Waals surface area contributed by atoms with Gasteiger partial charge in [-0.15, -0.1) is 0 Å². The van der Waals surface area contributed by atoms with E-state index in [0.717, 1.165) is 69.1 Å². The molecule has 0 unspecified atom stereocenters. The molecule has 0 fully saturated rings. The lowest BCUT2D eigenvalue weighted by atomic mass is 9.99. The summed E-state index contributed by atoms with van der Waals surface area (Å²) >= 11 is 0. The Hall–Kier alpha value is -6.39. The van der Waals surface area contributed by atoms with Crippen LogP contribution >= 0.6 is 0 Å². The maximum absolute atomic E-state index is 5.09. The minimum atomic E-state index is 0.755. The van der Waals surface area contributed by atoms with Gasteiger partial charge in [0.1, 0.15) is 0 Å². The Bertz CT molecular complexity index is 2510. The van der Waals surface area contributed by atoms with Crippen LogP contribution in [0.2, 0.25) is 0 Å². The summed E-state index contributed by atoms with van der Waals surface area (Å²) in [5.41, 5.74) is 13.2. The van der Waals surface area contributed by atoms with Crippen LogP contribution in [0.4, 0.5) is 0 Å². The first-order valence-corrected chi connectivity index (χ1v) is 16.7. The van der Waals surface area contributed by atoms with Crippen LogP contribution in [0, 0.1) is 0 Å². The van der Waals surface area contributed by atoms with Gasteiger partial charge in [0.2, 0.25) is 0 Å². The second kappa shape index (κ2) is 12.3. The van der Waals surface area contributed by atoms with Crippen molar-refractivity contribution in [1.82, 2.24) is 19.5 Å². The van der Waals surface area contributed by atoms with E-state index in [0.29, 0.717) is 0 Å². The number of aromatic nitrogens is 4. The van der Waals surface area contributed by atoms with Crippen molar-refractivity contribution in [3.05, 3.63) is 176 Å². The third kappa shape index (κ3) is 5.43. The average molecular weight is 629 g/mol. The summed E-state index contributed by atoms with van der Waals surface area (Å²) in [7, 11) is 0. The zero-order valence-electron chi connectivity index (χ0n) is 26.9. The normalized spacial score (nSPS) is 12.8. The maximum Gasteiger partial charge on any atom is 0.160 e. The number of fused-ring (bicyclic) bond motifs is 3. The van der Waals surface area contributed by atoms with Crippen LogP contribution < -0.4 is 0 Å². The molecular formula is C45H32N4. The van der Waals surface area contributed by atoms with Crippen LogP contribution in [0.15, 0.2) is 170 Å². The van der Waals surface area contributed by atoms with Crippen LogP contribution in [-0.4, -0.2) is 19.5 Å². The molecule has 0 saturated carbocycles. The highest BCUT2D eigenvalue weighted by Crippen LogP contribution is 2.36. The van der Waals surface area contributed by atoms with Crippen molar-refractivity contribution < 1.29 is 0 Å². The molecule has 0 amide bonds. The summed E-state index contributed by atoms with van der Waals surface area (Å²) in [5, 5.41) is 2.51. The van der Waals surface area contributed by atoms with E-state index in [1.807, 2.05) is 24.5 Å². The van der Waals surface area contributed by atoms with Crippen LogP contribution in [0.3, 0.4) is 0 Å². The summed E-state index contributed by atoms with van der Waals surface area (Å²) in [5.74, 6) is 0.755. The molecule has 0 aliphatic heterocycles. The standard InChI is InChI=1S/C45H32N4/c1-3-9-36(10-4-1)45-47-41(34-19-15-31(16-20-34)33-25-27-46-28-26-33)30-42(48-45)35-21-17-32(18-22-35)37-23-24-40-39-13-7-8-14-43(39)49(44(40)29-37)38-11-5-2-6-12-38/h2-3,5-30H,1,4H2. The van der Waals surface area contributed by atoms with Gasteiger partial charge in [-0.3, -0.25) is 4.98 Å². The van der Waals surface area contributed by atoms with Crippen LogP contribution in [0.25, 0.3) is 77.8 Å². The molecule has 49 heavy (non-hydrogen) atoms. The molecule has 5 aromatic carbocycles. The number of pyridine rings is 1. The summed E-state index contributed by atoms with van der Waals surface area (Å²) in [6.45, 7) is 0. The number of benzene rings is 5. The van der Waals surface area contributed by atoms with Gasteiger partial charge in [-0.25, -0.2) is 9.97 Å². The lowest BCUT2D eigenvalue weighted by Gasteiger charge is -2.12. The van der Waals surface area contributed by atoms with Crippen molar-refractivity contribution in [2.24, 2.45) is 0 Å². The van der Waals surface area contributed by atoms with Gasteiger partial charge >= 0.3 is 0 Å². The molecule has 4 heteroatoms. The van der Waals surface area contributed by atoms with Crippen LogP contribution in [0.5, 0.6) is 0 Å². The zero-order valence-corrected chi connectivity index (χ0v) is 26.9. The molecule has 0 radical (unpaired) electrons. The Labute approximate surface area is 285 Å². The van der Waals surface area contributed by atoms with E-state index in [-0.39, 0.29) is 0 Å². The highest BCUT2D eigenvalue weighted by Gasteiger charge is 2.15. The number of hydrogen-bond donors (Lipinski definition) is 0. The largest absolute Gasteiger partial charge is 0.309 e. The number of para-hydroxylation sites is 2. The average Bonchev–Trinajstić information content (AvgIpc) is 3.52. The van der Waals surface area contributed by atoms with E-state index in [2.05, 4.69) is 155 Å². The Balaban J connectivity index is 1.10. The topological polar surface area (TPSA) is 43.6 Å².